The van der Waals surface area contributed by atoms with Gasteiger partial charge >= 0.3 is 0 Å². The summed E-state index contributed by atoms with van der Waals surface area (Å²) in [5, 5.41) is 0.750. The van der Waals surface area contributed by atoms with E-state index < -0.39 is 0 Å². The van der Waals surface area contributed by atoms with Gasteiger partial charge in [0.2, 0.25) is 0 Å². The highest BCUT2D eigenvalue weighted by molar-refractivity contribution is 6.30. The Labute approximate surface area is 148 Å². The maximum atomic E-state index is 12.4. The predicted molar refractivity (Wildman–Crippen MR) is 101 cm³/mol. The van der Waals surface area contributed by atoms with E-state index in [1.807, 2.05) is 31.2 Å². The van der Waals surface area contributed by atoms with Crippen LogP contribution in [0.4, 0.5) is 11.4 Å². The number of para-hydroxylation sites is 1. The van der Waals surface area contributed by atoms with Gasteiger partial charge in [-0.1, -0.05) is 36.7 Å². The molecule has 0 aliphatic carbocycles. The van der Waals surface area contributed by atoms with Crippen LogP contribution in [0.25, 0.3) is 0 Å². The third kappa shape index (κ3) is 2.76. The molecule has 0 N–H and O–H groups in total. The number of hydrogen-bond acceptors (Lipinski definition) is 2. The lowest BCUT2D eigenvalue weighted by atomic mass is 9.87. The van der Waals surface area contributed by atoms with E-state index in [-0.39, 0.29) is 11.7 Å². The topological polar surface area (TPSA) is 20.3 Å². The maximum Gasteiger partial charge on any atom is 0.143 e. The van der Waals surface area contributed by atoms with Crippen LogP contribution in [-0.2, 0) is 4.79 Å². The molecule has 0 bridgehead atoms. The fourth-order valence-electron chi connectivity index (χ4n) is 3.59. The Morgan fingerprint density at radius 1 is 1.12 bits per heavy atom. The van der Waals surface area contributed by atoms with E-state index in [4.69, 9.17) is 11.6 Å². The van der Waals surface area contributed by atoms with Crippen LogP contribution in [0.2, 0.25) is 5.02 Å². The van der Waals surface area contributed by atoms with E-state index in [2.05, 4.69) is 43.9 Å². The van der Waals surface area contributed by atoms with Crippen molar-refractivity contribution >= 4 is 28.8 Å². The van der Waals surface area contributed by atoms with Gasteiger partial charge in [0, 0.05) is 17.1 Å². The molecule has 1 aliphatic heterocycles. The molecule has 1 atom stereocenters. The number of carbonyl (C=O) groups excluding carboxylic acids is 1. The normalized spacial score (nSPS) is 16.6. The molecule has 24 heavy (non-hydrogen) atoms. The Bertz CT molecular complexity index is 814. The van der Waals surface area contributed by atoms with Crippen LogP contribution in [0.15, 0.2) is 48.2 Å². The number of halogens is 1. The van der Waals surface area contributed by atoms with E-state index in [0.29, 0.717) is 6.42 Å². The number of hydrogen-bond donors (Lipinski definition) is 0. The summed E-state index contributed by atoms with van der Waals surface area (Å²) in [6.45, 7) is 8.15. The van der Waals surface area contributed by atoms with Gasteiger partial charge in [-0.25, -0.2) is 0 Å². The highest BCUT2D eigenvalue weighted by Crippen LogP contribution is 2.44. The molecule has 1 aliphatic rings. The van der Waals surface area contributed by atoms with Gasteiger partial charge in [-0.15, -0.1) is 0 Å². The molecule has 3 heteroatoms. The first-order valence-electron chi connectivity index (χ1n) is 8.31. The van der Waals surface area contributed by atoms with Crippen molar-refractivity contribution in [3.05, 3.63) is 69.9 Å². The lowest BCUT2D eigenvalue weighted by Crippen LogP contribution is -2.25. The van der Waals surface area contributed by atoms with Crippen molar-refractivity contribution in [1.82, 2.24) is 0 Å². The van der Waals surface area contributed by atoms with Crippen molar-refractivity contribution in [2.45, 2.75) is 40.0 Å². The second-order valence-electron chi connectivity index (χ2n) is 6.39. The summed E-state index contributed by atoms with van der Waals surface area (Å²) in [5.74, 6) is 0.0985. The molecule has 0 aromatic heterocycles. The summed E-state index contributed by atoms with van der Waals surface area (Å²) in [6.07, 6.45) is 2.63. The van der Waals surface area contributed by atoms with Crippen LogP contribution < -0.4 is 4.90 Å². The molecule has 3 rings (SSSR count). The number of rotatable bonds is 3. The summed E-state index contributed by atoms with van der Waals surface area (Å²) in [6, 6.07) is 12.2. The number of ketones is 1. The van der Waals surface area contributed by atoms with Crippen molar-refractivity contribution < 1.29 is 4.79 Å². The Kier molecular flexibility index (Phi) is 4.51. The minimum absolute atomic E-state index is 0.157. The number of fused-ring (bicyclic) bond motifs is 1. The van der Waals surface area contributed by atoms with Crippen molar-refractivity contribution in [2.24, 2.45) is 0 Å². The first-order valence-corrected chi connectivity index (χ1v) is 8.68. The van der Waals surface area contributed by atoms with Crippen molar-refractivity contribution in [1.29, 1.82) is 0 Å². The van der Waals surface area contributed by atoms with Crippen LogP contribution in [0.3, 0.4) is 0 Å². The summed E-state index contributed by atoms with van der Waals surface area (Å²) >= 11 is 6.20. The Morgan fingerprint density at radius 3 is 2.38 bits per heavy atom. The minimum Gasteiger partial charge on any atom is -0.314 e. The Morgan fingerprint density at radius 2 is 1.75 bits per heavy atom. The molecule has 124 valence electrons. The maximum absolute atomic E-state index is 12.4. The third-order valence-electron chi connectivity index (χ3n) is 4.65. The highest BCUT2D eigenvalue weighted by Gasteiger charge is 2.29. The molecule has 2 aromatic carbocycles. The molecule has 0 saturated heterocycles. The fraction of sp³-hybridized carbons (Fsp3) is 0.286. The van der Waals surface area contributed by atoms with Crippen molar-refractivity contribution in [3.8, 4) is 0 Å². The van der Waals surface area contributed by atoms with Gasteiger partial charge in [-0.3, -0.25) is 4.79 Å². The SMILES string of the molecule is CCC(=O)C1C=C(C)N(c2c(C)cc(Cl)cc2C)c2ccccc21. The number of nitrogens with zero attached hydrogens (tertiary/aromatic N) is 1. The monoisotopic (exact) mass is 339 g/mol. The Hall–Kier alpha value is -2.06. The van der Waals surface area contributed by atoms with E-state index >= 15 is 0 Å². The number of allylic oxidation sites excluding steroid dienone is 2. The van der Waals surface area contributed by atoms with E-state index in [0.717, 1.165) is 38.8 Å². The number of aryl methyl sites for hydroxylation is 2. The second kappa shape index (κ2) is 6.45. The smallest absolute Gasteiger partial charge is 0.143 e. The van der Waals surface area contributed by atoms with Gasteiger partial charge in [-0.2, -0.15) is 0 Å². The lowest BCUT2D eigenvalue weighted by Gasteiger charge is -2.36. The van der Waals surface area contributed by atoms with Gasteiger partial charge < -0.3 is 4.90 Å². The van der Waals surface area contributed by atoms with Crippen LogP contribution in [0.1, 0.15) is 42.9 Å². The molecule has 2 nitrogen and oxygen atoms in total. The summed E-state index contributed by atoms with van der Waals surface area (Å²) in [7, 11) is 0. The zero-order valence-corrected chi connectivity index (χ0v) is 15.3. The molecule has 0 saturated carbocycles. The van der Waals surface area contributed by atoms with Crippen LogP contribution >= 0.6 is 11.6 Å². The zero-order valence-electron chi connectivity index (χ0n) is 14.6. The first-order chi connectivity index (χ1) is 11.4. The zero-order chi connectivity index (χ0) is 17.4. The van der Waals surface area contributed by atoms with Gasteiger partial charge in [0.15, 0.2) is 0 Å². The lowest BCUT2D eigenvalue weighted by molar-refractivity contribution is -0.119. The number of benzene rings is 2. The molecular formula is C21H22ClNO. The molecular weight excluding hydrogens is 318 g/mol. The quantitative estimate of drug-likeness (QED) is 0.675. The molecule has 0 fully saturated rings. The molecule has 0 radical (unpaired) electrons. The van der Waals surface area contributed by atoms with Crippen molar-refractivity contribution in [3.63, 3.8) is 0 Å². The van der Waals surface area contributed by atoms with Gasteiger partial charge in [-0.05, 0) is 61.7 Å². The number of anilines is 2. The predicted octanol–water partition coefficient (Wildman–Crippen LogP) is 6.08. The standard InChI is InChI=1S/C21H22ClNO/c1-5-20(24)18-12-15(4)23(19-9-7-6-8-17(18)19)21-13(2)10-16(22)11-14(21)3/h6-12,18H,5H2,1-4H3. The Balaban J connectivity index is 2.22. The van der Waals surface area contributed by atoms with Gasteiger partial charge in [0.05, 0.1) is 17.3 Å². The molecule has 2 aromatic rings. The average Bonchev–Trinajstić information content (AvgIpc) is 2.54. The van der Waals surface area contributed by atoms with Gasteiger partial charge in [0.1, 0.15) is 5.78 Å². The van der Waals surface area contributed by atoms with E-state index in [1.54, 1.807) is 0 Å². The molecule has 0 amide bonds. The fourth-order valence-corrected chi connectivity index (χ4v) is 3.92. The largest absolute Gasteiger partial charge is 0.314 e. The van der Waals surface area contributed by atoms with Crippen molar-refractivity contribution in [2.75, 3.05) is 4.90 Å². The molecule has 0 spiro atoms. The number of carbonyl (C=O) groups is 1. The second-order valence-corrected chi connectivity index (χ2v) is 6.82. The number of Topliss-reactive ketones (excluding diaryl/α,β-unsaturated/α-hetero) is 1. The van der Waals surface area contributed by atoms with E-state index in [1.165, 1.54) is 0 Å². The highest BCUT2D eigenvalue weighted by atomic mass is 35.5. The summed E-state index contributed by atoms with van der Waals surface area (Å²) in [5.41, 5.74) is 6.63. The minimum atomic E-state index is -0.157. The first kappa shape index (κ1) is 16.8. The van der Waals surface area contributed by atoms with E-state index in [9.17, 15) is 4.79 Å². The molecule has 1 heterocycles. The van der Waals surface area contributed by atoms with Gasteiger partial charge in [0.25, 0.3) is 0 Å². The van der Waals surface area contributed by atoms with Crippen LogP contribution in [0, 0.1) is 13.8 Å². The third-order valence-corrected chi connectivity index (χ3v) is 4.87. The average molecular weight is 340 g/mol. The van der Waals surface area contributed by atoms with Crippen LogP contribution in [-0.4, -0.2) is 5.78 Å². The molecule has 1 unspecified atom stereocenters. The summed E-state index contributed by atoms with van der Waals surface area (Å²) < 4.78 is 0. The summed E-state index contributed by atoms with van der Waals surface area (Å²) in [4.78, 5) is 14.7. The van der Waals surface area contributed by atoms with Crippen LogP contribution in [0.5, 0.6) is 0 Å².